The summed E-state index contributed by atoms with van der Waals surface area (Å²) in [5, 5.41) is 0.977. The molecule has 0 unspecified atom stereocenters. The fourth-order valence-corrected chi connectivity index (χ4v) is 3.14. The zero-order chi connectivity index (χ0) is 15.4. The second-order valence-corrected chi connectivity index (χ2v) is 5.73. The highest BCUT2D eigenvalue weighted by atomic mass is 32.1. The molecule has 3 aromatic rings. The Morgan fingerprint density at radius 3 is 2.73 bits per heavy atom. The molecule has 0 aliphatic rings. The molecule has 0 atom stereocenters. The zero-order valence-electron chi connectivity index (χ0n) is 12.6. The van der Waals surface area contributed by atoms with E-state index in [4.69, 9.17) is 9.47 Å². The van der Waals surface area contributed by atoms with Crippen molar-refractivity contribution in [3.8, 4) is 11.5 Å². The van der Waals surface area contributed by atoms with Gasteiger partial charge in [-0.15, -0.1) is 11.3 Å². The van der Waals surface area contributed by atoms with Crippen LogP contribution in [0, 0.1) is 0 Å². The Hall–Kier alpha value is -2.33. The van der Waals surface area contributed by atoms with Crippen molar-refractivity contribution in [1.82, 2.24) is 4.98 Å². The zero-order valence-corrected chi connectivity index (χ0v) is 13.4. The molecule has 0 saturated heterocycles. The molecule has 0 aliphatic heterocycles. The summed E-state index contributed by atoms with van der Waals surface area (Å²) in [5.74, 6) is 1.51. The number of hydrogen-bond donors (Lipinski definition) is 0. The van der Waals surface area contributed by atoms with Gasteiger partial charge in [0.1, 0.15) is 5.01 Å². The minimum Gasteiger partial charge on any atom is -0.492 e. The van der Waals surface area contributed by atoms with Crippen molar-refractivity contribution in [3.63, 3.8) is 0 Å². The van der Waals surface area contributed by atoms with Crippen LogP contribution in [0.25, 0.3) is 22.4 Å². The number of methoxy groups -OCH3 is 1. The molecule has 0 spiro atoms. The number of para-hydroxylation sites is 2. The molecule has 0 aliphatic carbocycles. The maximum Gasteiger partial charge on any atom is 0.167 e. The molecule has 0 saturated carbocycles. The fraction of sp³-hybridized carbons (Fsp3) is 0.167. The van der Waals surface area contributed by atoms with E-state index in [-0.39, 0.29) is 0 Å². The lowest BCUT2D eigenvalue weighted by atomic mass is 10.1. The average Bonchev–Trinajstić information content (AvgIpc) is 2.96. The number of ether oxygens (including phenoxy) is 2. The predicted molar refractivity (Wildman–Crippen MR) is 92.7 cm³/mol. The van der Waals surface area contributed by atoms with Crippen molar-refractivity contribution in [2.75, 3.05) is 13.7 Å². The van der Waals surface area contributed by atoms with Gasteiger partial charge in [0.2, 0.25) is 0 Å². The minimum atomic E-state index is 0.612. The smallest absolute Gasteiger partial charge is 0.167 e. The quantitative estimate of drug-likeness (QED) is 0.673. The van der Waals surface area contributed by atoms with Crippen molar-refractivity contribution >= 4 is 33.7 Å². The first-order valence-corrected chi connectivity index (χ1v) is 7.97. The third kappa shape index (κ3) is 2.97. The van der Waals surface area contributed by atoms with Crippen molar-refractivity contribution in [1.29, 1.82) is 0 Å². The van der Waals surface area contributed by atoms with Crippen molar-refractivity contribution in [3.05, 3.63) is 53.0 Å². The third-order valence-electron chi connectivity index (χ3n) is 3.23. The first-order chi connectivity index (χ1) is 10.8. The van der Waals surface area contributed by atoms with Crippen LogP contribution in [-0.4, -0.2) is 18.7 Å². The van der Waals surface area contributed by atoms with Gasteiger partial charge in [-0.1, -0.05) is 24.3 Å². The van der Waals surface area contributed by atoms with E-state index in [1.165, 1.54) is 4.70 Å². The van der Waals surface area contributed by atoms with Gasteiger partial charge in [-0.25, -0.2) is 4.98 Å². The SMILES string of the molecule is CCOc1cccc(/C=C/c2nc3ccccc3s2)c1OC. The summed E-state index contributed by atoms with van der Waals surface area (Å²) in [7, 11) is 1.66. The summed E-state index contributed by atoms with van der Waals surface area (Å²) in [6, 6.07) is 14.0. The molecular weight excluding hydrogens is 294 g/mol. The van der Waals surface area contributed by atoms with Crippen LogP contribution in [0.4, 0.5) is 0 Å². The minimum absolute atomic E-state index is 0.612. The Bertz CT molecular complexity index is 775. The molecule has 3 rings (SSSR count). The van der Waals surface area contributed by atoms with Gasteiger partial charge in [-0.05, 0) is 37.3 Å². The highest BCUT2D eigenvalue weighted by Gasteiger charge is 2.08. The number of hydrogen-bond acceptors (Lipinski definition) is 4. The highest BCUT2D eigenvalue weighted by molar-refractivity contribution is 7.19. The number of aromatic nitrogens is 1. The lowest BCUT2D eigenvalue weighted by Gasteiger charge is -2.11. The third-order valence-corrected chi connectivity index (χ3v) is 4.23. The van der Waals surface area contributed by atoms with Crippen molar-refractivity contribution in [2.45, 2.75) is 6.92 Å². The van der Waals surface area contributed by atoms with Crippen molar-refractivity contribution in [2.24, 2.45) is 0 Å². The Morgan fingerprint density at radius 2 is 1.95 bits per heavy atom. The van der Waals surface area contributed by atoms with Gasteiger partial charge >= 0.3 is 0 Å². The molecule has 2 aromatic carbocycles. The van der Waals surface area contributed by atoms with Crippen LogP contribution in [0.2, 0.25) is 0 Å². The van der Waals surface area contributed by atoms with E-state index in [2.05, 4.69) is 11.1 Å². The van der Waals surface area contributed by atoms with Crippen molar-refractivity contribution < 1.29 is 9.47 Å². The van der Waals surface area contributed by atoms with Gasteiger partial charge in [-0.3, -0.25) is 0 Å². The number of rotatable bonds is 5. The van der Waals surface area contributed by atoms with Gasteiger partial charge in [0.15, 0.2) is 11.5 Å². The van der Waals surface area contributed by atoms with E-state index >= 15 is 0 Å². The Labute approximate surface area is 133 Å². The lowest BCUT2D eigenvalue weighted by molar-refractivity contribution is 0.310. The Morgan fingerprint density at radius 1 is 1.09 bits per heavy atom. The number of fused-ring (bicyclic) bond motifs is 1. The molecule has 1 heterocycles. The number of benzene rings is 2. The maximum atomic E-state index is 5.60. The molecule has 112 valence electrons. The predicted octanol–water partition coefficient (Wildman–Crippen LogP) is 4.87. The summed E-state index contributed by atoms with van der Waals surface area (Å²) in [4.78, 5) is 4.60. The monoisotopic (exact) mass is 311 g/mol. The standard InChI is InChI=1S/C18H17NO2S/c1-3-21-15-9-6-7-13(18(15)20-2)11-12-17-19-14-8-4-5-10-16(14)22-17/h4-12H,3H2,1-2H3/b12-11+. The molecule has 0 fully saturated rings. The number of thiazole rings is 1. The molecule has 0 amide bonds. The highest BCUT2D eigenvalue weighted by Crippen LogP contribution is 2.32. The van der Waals surface area contributed by atoms with Crippen LogP contribution < -0.4 is 9.47 Å². The molecule has 1 aromatic heterocycles. The second-order valence-electron chi connectivity index (χ2n) is 4.66. The lowest BCUT2D eigenvalue weighted by Crippen LogP contribution is -1.96. The fourth-order valence-electron chi connectivity index (χ4n) is 2.27. The Balaban J connectivity index is 1.93. The van der Waals surface area contributed by atoms with Gasteiger partial charge in [0.05, 0.1) is 23.9 Å². The average molecular weight is 311 g/mol. The van der Waals surface area contributed by atoms with Crippen LogP contribution in [0.5, 0.6) is 11.5 Å². The molecule has 3 nitrogen and oxygen atoms in total. The van der Waals surface area contributed by atoms with E-state index < -0.39 is 0 Å². The largest absolute Gasteiger partial charge is 0.492 e. The van der Waals surface area contributed by atoms with E-state index in [0.29, 0.717) is 6.61 Å². The topological polar surface area (TPSA) is 31.4 Å². The molecule has 0 radical (unpaired) electrons. The van der Waals surface area contributed by atoms with Gasteiger partial charge in [-0.2, -0.15) is 0 Å². The van der Waals surface area contributed by atoms with E-state index in [1.54, 1.807) is 18.4 Å². The maximum absolute atomic E-state index is 5.60. The molecule has 0 bridgehead atoms. The van der Waals surface area contributed by atoms with Gasteiger partial charge < -0.3 is 9.47 Å². The molecule has 4 heteroatoms. The molecule has 22 heavy (non-hydrogen) atoms. The first-order valence-electron chi connectivity index (χ1n) is 7.15. The Kier molecular flexibility index (Phi) is 4.39. The van der Waals surface area contributed by atoms with Crippen LogP contribution in [-0.2, 0) is 0 Å². The van der Waals surface area contributed by atoms with E-state index in [0.717, 1.165) is 27.6 Å². The summed E-state index contributed by atoms with van der Waals surface area (Å²) in [6.45, 7) is 2.57. The summed E-state index contributed by atoms with van der Waals surface area (Å²) in [5.41, 5.74) is 2.01. The first kappa shape index (κ1) is 14.6. The van der Waals surface area contributed by atoms with Crippen LogP contribution >= 0.6 is 11.3 Å². The van der Waals surface area contributed by atoms with Gasteiger partial charge in [0, 0.05) is 5.56 Å². The van der Waals surface area contributed by atoms with Crippen LogP contribution in [0.15, 0.2) is 42.5 Å². The van der Waals surface area contributed by atoms with E-state index in [9.17, 15) is 0 Å². The summed E-state index contributed by atoms with van der Waals surface area (Å²) in [6.07, 6.45) is 4.03. The number of nitrogens with zero attached hydrogens (tertiary/aromatic N) is 1. The van der Waals surface area contributed by atoms with Gasteiger partial charge in [0.25, 0.3) is 0 Å². The summed E-state index contributed by atoms with van der Waals surface area (Å²) < 4.78 is 12.3. The second kappa shape index (κ2) is 6.62. The normalized spacial score (nSPS) is 11.2. The molecule has 0 N–H and O–H groups in total. The van der Waals surface area contributed by atoms with Crippen LogP contribution in [0.3, 0.4) is 0 Å². The molecular formula is C18H17NO2S. The van der Waals surface area contributed by atoms with Crippen LogP contribution in [0.1, 0.15) is 17.5 Å². The summed E-state index contributed by atoms with van der Waals surface area (Å²) >= 11 is 1.67. The van der Waals surface area contributed by atoms with E-state index in [1.807, 2.05) is 55.5 Å².